The van der Waals surface area contributed by atoms with Gasteiger partial charge in [-0.05, 0) is 31.0 Å². The minimum absolute atomic E-state index is 0.0355. The van der Waals surface area contributed by atoms with Gasteiger partial charge in [0.25, 0.3) is 10.0 Å². The summed E-state index contributed by atoms with van der Waals surface area (Å²) >= 11 is 0.885. The Morgan fingerprint density at radius 2 is 1.97 bits per heavy atom. The first-order valence-corrected chi connectivity index (χ1v) is 12.8. The molecule has 2 aromatic carbocycles. The van der Waals surface area contributed by atoms with Gasteiger partial charge in [-0.3, -0.25) is 9.62 Å². The van der Waals surface area contributed by atoms with Crippen molar-refractivity contribution in [2.45, 2.75) is 42.7 Å². The average Bonchev–Trinajstić information content (AvgIpc) is 3.31. The van der Waals surface area contributed by atoms with Crippen LogP contribution in [0, 0.1) is 5.82 Å². The Balaban J connectivity index is 1.49. The second kappa shape index (κ2) is 8.76. The van der Waals surface area contributed by atoms with Crippen LogP contribution in [0.25, 0.3) is 0 Å². The molecule has 1 fully saturated rings. The molecule has 0 aliphatic carbocycles. The number of hydrogen-bond donors (Lipinski definition) is 1. The lowest BCUT2D eigenvalue weighted by atomic mass is 9.89. The standard InChI is InChI=1S/C22H23FN4O3S2/c23-17-12-16-19(27-10-5-4-8-18(27)15-6-2-1-3-7-15)9-11-30-20(16)13-21(17)32(28,29)26-22-24-14-25-31-22/h1-3,6-7,12-14,18-19H,4-5,8-11H2,(H,24,25,26). The Labute approximate surface area is 190 Å². The van der Waals surface area contributed by atoms with Crippen molar-refractivity contribution >= 4 is 26.7 Å². The molecule has 1 saturated heterocycles. The Kier molecular flexibility index (Phi) is 5.83. The molecule has 7 nitrogen and oxygen atoms in total. The number of piperidine rings is 1. The third kappa shape index (κ3) is 4.10. The van der Waals surface area contributed by atoms with Crippen molar-refractivity contribution in [2.75, 3.05) is 17.9 Å². The van der Waals surface area contributed by atoms with Gasteiger partial charge in [-0.1, -0.05) is 36.8 Å². The number of aromatic nitrogens is 2. The molecule has 2 atom stereocenters. The number of rotatable bonds is 5. The van der Waals surface area contributed by atoms with Crippen LogP contribution in [-0.2, 0) is 10.0 Å². The second-order valence-electron chi connectivity index (χ2n) is 7.99. The third-order valence-electron chi connectivity index (χ3n) is 6.07. The first-order chi connectivity index (χ1) is 15.5. The molecule has 2 aliphatic rings. The zero-order chi connectivity index (χ0) is 22.1. The van der Waals surface area contributed by atoms with Gasteiger partial charge in [0, 0.05) is 41.7 Å². The zero-order valence-electron chi connectivity index (χ0n) is 17.3. The number of sulfonamides is 1. The first-order valence-electron chi connectivity index (χ1n) is 10.6. The van der Waals surface area contributed by atoms with Crippen LogP contribution in [0.3, 0.4) is 0 Å². The summed E-state index contributed by atoms with van der Waals surface area (Å²) in [6.07, 6.45) is 5.23. The summed E-state index contributed by atoms with van der Waals surface area (Å²) in [5, 5.41) is 0.0833. The maximum Gasteiger partial charge on any atom is 0.266 e. The molecule has 0 amide bonds. The molecule has 10 heteroatoms. The van der Waals surface area contributed by atoms with E-state index in [1.165, 1.54) is 24.0 Å². The van der Waals surface area contributed by atoms with Crippen LogP contribution in [0.1, 0.15) is 48.9 Å². The predicted octanol–water partition coefficient (Wildman–Crippen LogP) is 4.53. The Morgan fingerprint density at radius 3 is 2.75 bits per heavy atom. The first kappa shape index (κ1) is 21.3. The highest BCUT2D eigenvalue weighted by Crippen LogP contribution is 2.44. The topological polar surface area (TPSA) is 84.4 Å². The van der Waals surface area contributed by atoms with Crippen LogP contribution >= 0.6 is 11.5 Å². The molecule has 3 aromatic rings. The number of anilines is 1. The molecule has 3 heterocycles. The van der Waals surface area contributed by atoms with Crippen molar-refractivity contribution in [1.29, 1.82) is 0 Å². The lowest BCUT2D eigenvalue weighted by Gasteiger charge is -2.43. The molecule has 1 N–H and O–H groups in total. The lowest BCUT2D eigenvalue weighted by molar-refractivity contribution is 0.0665. The maximum atomic E-state index is 15.1. The monoisotopic (exact) mass is 474 g/mol. The summed E-state index contributed by atoms with van der Waals surface area (Å²) in [6, 6.07) is 13.2. The van der Waals surface area contributed by atoms with E-state index < -0.39 is 20.7 Å². The van der Waals surface area contributed by atoms with E-state index in [1.807, 2.05) is 18.2 Å². The summed E-state index contributed by atoms with van der Waals surface area (Å²) in [5.41, 5.74) is 1.95. The molecule has 0 spiro atoms. The van der Waals surface area contributed by atoms with E-state index in [9.17, 15) is 8.42 Å². The van der Waals surface area contributed by atoms with Gasteiger partial charge in [-0.15, -0.1) is 0 Å². The summed E-state index contributed by atoms with van der Waals surface area (Å²) in [4.78, 5) is 5.78. The van der Waals surface area contributed by atoms with Gasteiger partial charge in [0.2, 0.25) is 5.13 Å². The quantitative estimate of drug-likeness (QED) is 0.585. The van der Waals surface area contributed by atoms with Crippen LogP contribution in [0.4, 0.5) is 9.52 Å². The van der Waals surface area contributed by atoms with Crippen LogP contribution in [0.5, 0.6) is 5.75 Å². The van der Waals surface area contributed by atoms with E-state index in [2.05, 4.69) is 31.1 Å². The minimum atomic E-state index is -4.15. The van der Waals surface area contributed by atoms with E-state index in [0.29, 0.717) is 17.9 Å². The molecule has 0 radical (unpaired) electrons. The fourth-order valence-electron chi connectivity index (χ4n) is 4.67. The number of benzene rings is 2. The van der Waals surface area contributed by atoms with E-state index in [0.717, 1.165) is 43.8 Å². The van der Waals surface area contributed by atoms with Crippen molar-refractivity contribution in [3.8, 4) is 5.75 Å². The van der Waals surface area contributed by atoms with Crippen molar-refractivity contribution in [3.05, 3.63) is 65.7 Å². The number of fused-ring (bicyclic) bond motifs is 1. The molecule has 0 bridgehead atoms. The SMILES string of the molecule is O=S(=O)(Nc1ncns1)c1cc2c(cc1F)C(N1CCCCC1c1ccccc1)CCO2. The fourth-order valence-corrected chi connectivity index (χ4v) is 6.41. The highest BCUT2D eigenvalue weighted by molar-refractivity contribution is 7.93. The summed E-state index contributed by atoms with van der Waals surface area (Å²) in [6.45, 7) is 1.36. The van der Waals surface area contributed by atoms with Crippen LogP contribution in [0.2, 0.25) is 0 Å². The highest BCUT2D eigenvalue weighted by Gasteiger charge is 2.36. The van der Waals surface area contributed by atoms with Gasteiger partial charge in [-0.2, -0.15) is 4.37 Å². The normalized spacial score (nSPS) is 21.5. The van der Waals surface area contributed by atoms with Gasteiger partial charge in [0.05, 0.1) is 6.61 Å². The molecule has 2 unspecified atom stereocenters. The van der Waals surface area contributed by atoms with Gasteiger partial charge >= 0.3 is 0 Å². The number of hydrogen-bond acceptors (Lipinski definition) is 7. The van der Waals surface area contributed by atoms with Crippen LogP contribution in [0.15, 0.2) is 53.7 Å². The van der Waals surface area contributed by atoms with Crippen molar-refractivity contribution < 1.29 is 17.5 Å². The fraction of sp³-hybridized carbons (Fsp3) is 0.364. The maximum absolute atomic E-state index is 15.1. The van der Waals surface area contributed by atoms with Crippen molar-refractivity contribution in [2.24, 2.45) is 0 Å². The number of ether oxygens (including phenoxy) is 1. The Bertz CT molecular complexity index is 1190. The lowest BCUT2D eigenvalue weighted by Crippen LogP contribution is -2.39. The third-order valence-corrected chi connectivity index (χ3v) is 8.14. The predicted molar refractivity (Wildman–Crippen MR) is 120 cm³/mol. The highest BCUT2D eigenvalue weighted by atomic mass is 32.2. The largest absolute Gasteiger partial charge is 0.493 e. The van der Waals surface area contributed by atoms with Gasteiger partial charge in [-0.25, -0.2) is 17.8 Å². The summed E-state index contributed by atoms with van der Waals surface area (Å²) in [5.74, 6) is -0.387. The second-order valence-corrected chi connectivity index (χ2v) is 10.4. The van der Waals surface area contributed by atoms with E-state index in [-0.39, 0.29) is 17.2 Å². The van der Waals surface area contributed by atoms with Crippen LogP contribution < -0.4 is 9.46 Å². The van der Waals surface area contributed by atoms with E-state index in [4.69, 9.17) is 4.74 Å². The number of likely N-dealkylation sites (tertiary alicyclic amines) is 1. The molecule has 168 valence electrons. The van der Waals surface area contributed by atoms with E-state index >= 15 is 4.39 Å². The number of nitrogens with one attached hydrogen (secondary N) is 1. The van der Waals surface area contributed by atoms with Crippen molar-refractivity contribution in [3.63, 3.8) is 0 Å². The van der Waals surface area contributed by atoms with Crippen LogP contribution in [-0.4, -0.2) is 35.8 Å². The zero-order valence-corrected chi connectivity index (χ0v) is 18.9. The molecule has 5 rings (SSSR count). The number of halogens is 1. The average molecular weight is 475 g/mol. The summed E-state index contributed by atoms with van der Waals surface area (Å²) < 4.78 is 52.5. The van der Waals surface area contributed by atoms with Gasteiger partial charge in [0.1, 0.15) is 22.8 Å². The molecule has 0 saturated carbocycles. The molecular weight excluding hydrogens is 451 g/mol. The molecule has 2 aliphatic heterocycles. The summed E-state index contributed by atoms with van der Waals surface area (Å²) in [7, 11) is -4.15. The molecular formula is C22H23FN4O3S2. The van der Waals surface area contributed by atoms with Crippen molar-refractivity contribution in [1.82, 2.24) is 14.3 Å². The smallest absolute Gasteiger partial charge is 0.266 e. The van der Waals surface area contributed by atoms with Gasteiger partial charge < -0.3 is 4.74 Å². The van der Waals surface area contributed by atoms with E-state index in [1.54, 1.807) is 0 Å². The molecule has 32 heavy (non-hydrogen) atoms. The number of nitrogens with zero attached hydrogens (tertiary/aromatic N) is 3. The Hall–Kier alpha value is -2.56. The minimum Gasteiger partial charge on any atom is -0.493 e. The Morgan fingerprint density at radius 1 is 1.12 bits per heavy atom. The van der Waals surface area contributed by atoms with Gasteiger partial charge in [0.15, 0.2) is 0 Å². The molecule has 1 aromatic heterocycles.